The second-order valence-corrected chi connectivity index (χ2v) is 5.95. The maximum atomic E-state index is 12.5. The monoisotopic (exact) mass is 328 g/mol. The number of aromatic carboxylic acids is 1. The van der Waals surface area contributed by atoms with Gasteiger partial charge in [0.15, 0.2) is 5.69 Å². The van der Waals surface area contributed by atoms with Crippen molar-refractivity contribution in [2.45, 2.75) is 26.4 Å². The maximum absolute atomic E-state index is 12.5. The normalized spacial score (nSPS) is 13.8. The van der Waals surface area contributed by atoms with Crippen LogP contribution in [0.3, 0.4) is 0 Å². The maximum Gasteiger partial charge on any atom is 0.356 e. The Bertz CT molecular complexity index is 797. The van der Waals surface area contributed by atoms with E-state index < -0.39 is 5.97 Å². The predicted molar refractivity (Wildman–Crippen MR) is 89.0 cm³/mol. The van der Waals surface area contributed by atoms with Crippen molar-refractivity contribution in [3.63, 3.8) is 0 Å². The van der Waals surface area contributed by atoms with E-state index in [0.717, 1.165) is 37.3 Å². The molecule has 1 aromatic carbocycles. The van der Waals surface area contributed by atoms with Crippen molar-refractivity contribution in [1.82, 2.24) is 14.7 Å². The molecule has 2 heterocycles. The van der Waals surface area contributed by atoms with Crippen molar-refractivity contribution in [3.05, 3.63) is 46.8 Å². The Kier molecular flexibility index (Phi) is 4.35. The summed E-state index contributed by atoms with van der Waals surface area (Å²) in [4.78, 5) is 25.8. The van der Waals surface area contributed by atoms with Crippen molar-refractivity contribution >= 4 is 17.6 Å². The summed E-state index contributed by atoms with van der Waals surface area (Å²) in [6.45, 7) is 4.87. The lowest BCUT2D eigenvalue weighted by atomic mass is 10.1. The predicted octanol–water partition coefficient (Wildman–Crippen LogP) is 2.10. The average molecular weight is 328 g/mol. The van der Waals surface area contributed by atoms with E-state index in [4.69, 9.17) is 5.11 Å². The van der Waals surface area contributed by atoms with Gasteiger partial charge in [-0.3, -0.25) is 14.4 Å². The lowest BCUT2D eigenvalue weighted by Crippen LogP contribution is -2.18. The fourth-order valence-corrected chi connectivity index (χ4v) is 3.05. The highest BCUT2D eigenvalue weighted by Gasteiger charge is 2.23. The number of benzene rings is 1. The van der Waals surface area contributed by atoms with Crippen molar-refractivity contribution in [2.75, 3.05) is 11.9 Å². The number of carbonyl (C=O) groups excluding carboxylic acids is 1. The van der Waals surface area contributed by atoms with E-state index >= 15 is 0 Å². The Morgan fingerprint density at radius 1 is 1.33 bits per heavy atom. The van der Waals surface area contributed by atoms with E-state index in [-0.39, 0.29) is 17.3 Å². The van der Waals surface area contributed by atoms with Gasteiger partial charge < -0.3 is 10.4 Å². The smallest absolute Gasteiger partial charge is 0.356 e. The van der Waals surface area contributed by atoms with Crippen molar-refractivity contribution < 1.29 is 14.7 Å². The molecule has 1 aliphatic heterocycles. The first-order valence-electron chi connectivity index (χ1n) is 7.91. The molecule has 1 aliphatic rings. The van der Waals surface area contributed by atoms with Crippen LogP contribution in [0.15, 0.2) is 24.3 Å². The number of carbonyl (C=O) groups is 2. The summed E-state index contributed by atoms with van der Waals surface area (Å²) in [5.41, 5.74) is 3.19. The largest absolute Gasteiger partial charge is 0.476 e. The molecule has 2 aromatic rings. The number of aryl methyl sites for hydroxylation is 1. The third-order valence-electron chi connectivity index (χ3n) is 4.17. The van der Waals surface area contributed by atoms with Gasteiger partial charge in [-0.25, -0.2) is 4.79 Å². The summed E-state index contributed by atoms with van der Waals surface area (Å²) < 4.78 is 1.28. The minimum atomic E-state index is -1.15. The summed E-state index contributed by atoms with van der Waals surface area (Å²) >= 11 is 0. The van der Waals surface area contributed by atoms with Crippen LogP contribution in [0.1, 0.15) is 45.4 Å². The topological polar surface area (TPSA) is 87.5 Å². The van der Waals surface area contributed by atoms with E-state index in [9.17, 15) is 9.59 Å². The van der Waals surface area contributed by atoms with Gasteiger partial charge in [-0.15, -0.1) is 0 Å². The van der Waals surface area contributed by atoms with Crippen LogP contribution in [-0.2, 0) is 20.1 Å². The number of hydrogen-bond donors (Lipinski definition) is 2. The summed E-state index contributed by atoms with van der Waals surface area (Å²) in [5.74, 6) is -1.51. The second kappa shape index (κ2) is 6.45. The molecule has 0 aliphatic carbocycles. The molecule has 1 aromatic heterocycles. The van der Waals surface area contributed by atoms with Crippen LogP contribution in [0.2, 0.25) is 0 Å². The zero-order valence-corrected chi connectivity index (χ0v) is 13.7. The molecule has 7 heteroatoms. The highest BCUT2D eigenvalue weighted by molar-refractivity contribution is 6.04. The van der Waals surface area contributed by atoms with E-state index in [1.165, 1.54) is 16.3 Å². The number of hydrogen-bond acceptors (Lipinski definition) is 4. The van der Waals surface area contributed by atoms with Crippen molar-refractivity contribution in [1.29, 1.82) is 0 Å². The van der Waals surface area contributed by atoms with E-state index in [1.807, 2.05) is 12.1 Å². The van der Waals surface area contributed by atoms with Gasteiger partial charge in [0.1, 0.15) is 5.69 Å². The Morgan fingerprint density at radius 3 is 2.79 bits per heavy atom. The van der Waals surface area contributed by atoms with Crippen LogP contribution < -0.4 is 5.32 Å². The minimum Gasteiger partial charge on any atom is -0.476 e. The molecule has 1 amide bonds. The quantitative estimate of drug-likeness (QED) is 0.877. The first kappa shape index (κ1) is 16.2. The Hall–Kier alpha value is -2.67. The van der Waals surface area contributed by atoms with Crippen LogP contribution in [-0.4, -0.2) is 38.2 Å². The number of nitrogens with one attached hydrogen (secondary N) is 1. The summed E-state index contributed by atoms with van der Waals surface area (Å²) in [6, 6.07) is 7.16. The lowest BCUT2D eigenvalue weighted by molar-refractivity contribution is 0.0689. The number of carboxylic acids is 1. The van der Waals surface area contributed by atoms with E-state index in [1.54, 1.807) is 7.05 Å². The number of rotatable bonds is 5. The first-order valence-corrected chi connectivity index (χ1v) is 7.91. The number of fused-ring (bicyclic) bond motifs is 1. The second-order valence-electron chi connectivity index (χ2n) is 5.95. The fourth-order valence-electron chi connectivity index (χ4n) is 3.05. The van der Waals surface area contributed by atoms with Gasteiger partial charge >= 0.3 is 5.97 Å². The first-order chi connectivity index (χ1) is 11.5. The molecule has 24 heavy (non-hydrogen) atoms. The van der Waals surface area contributed by atoms with E-state index in [2.05, 4.69) is 28.3 Å². The van der Waals surface area contributed by atoms with Gasteiger partial charge in [0, 0.05) is 31.9 Å². The zero-order chi connectivity index (χ0) is 17.3. The molecule has 0 saturated heterocycles. The fraction of sp³-hybridized carbons (Fsp3) is 0.353. The molecular formula is C17H20N4O3. The molecule has 0 radical (unpaired) electrons. The standard InChI is InChI=1S/C17H20N4O3/c1-3-7-21-9-11-5-4-6-13(12(11)10-21)18-16(22)15-8-14(17(23)24)19-20(15)2/h4-6,8H,3,7,9-10H2,1-2H3,(H,18,22)(H,23,24). The van der Waals surface area contributed by atoms with Crippen molar-refractivity contribution in [3.8, 4) is 0 Å². The number of nitrogens with zero attached hydrogens (tertiary/aromatic N) is 3. The minimum absolute atomic E-state index is 0.143. The van der Waals surface area contributed by atoms with Gasteiger partial charge in [0.2, 0.25) is 0 Å². The van der Waals surface area contributed by atoms with Crippen LogP contribution in [0.4, 0.5) is 5.69 Å². The third-order valence-corrected chi connectivity index (χ3v) is 4.17. The highest BCUT2D eigenvalue weighted by Crippen LogP contribution is 2.29. The number of aromatic nitrogens is 2. The van der Waals surface area contributed by atoms with Gasteiger partial charge in [0.05, 0.1) is 0 Å². The average Bonchev–Trinajstić information content (AvgIpc) is 3.11. The van der Waals surface area contributed by atoms with E-state index in [0.29, 0.717) is 0 Å². The molecule has 2 N–H and O–H groups in total. The molecule has 126 valence electrons. The molecule has 3 rings (SSSR count). The SMILES string of the molecule is CCCN1Cc2cccc(NC(=O)c3cc(C(=O)O)nn3C)c2C1. The summed E-state index contributed by atoms with van der Waals surface area (Å²) in [6.07, 6.45) is 1.09. The van der Waals surface area contributed by atoms with Crippen LogP contribution in [0.5, 0.6) is 0 Å². The Balaban J connectivity index is 1.82. The molecule has 0 saturated carbocycles. The molecular weight excluding hydrogens is 308 g/mol. The zero-order valence-electron chi connectivity index (χ0n) is 13.7. The molecule has 0 atom stereocenters. The van der Waals surface area contributed by atoms with Crippen LogP contribution >= 0.6 is 0 Å². The molecule has 7 nitrogen and oxygen atoms in total. The third kappa shape index (κ3) is 3.03. The molecule has 0 bridgehead atoms. The number of anilines is 1. The Morgan fingerprint density at radius 2 is 2.12 bits per heavy atom. The summed E-state index contributed by atoms with van der Waals surface area (Å²) in [7, 11) is 1.56. The lowest BCUT2D eigenvalue weighted by Gasteiger charge is -2.13. The van der Waals surface area contributed by atoms with Crippen LogP contribution in [0, 0.1) is 0 Å². The van der Waals surface area contributed by atoms with Crippen LogP contribution in [0.25, 0.3) is 0 Å². The van der Waals surface area contributed by atoms with Gasteiger partial charge in [-0.1, -0.05) is 19.1 Å². The molecule has 0 unspecified atom stereocenters. The highest BCUT2D eigenvalue weighted by atomic mass is 16.4. The van der Waals surface area contributed by atoms with Crippen molar-refractivity contribution in [2.24, 2.45) is 7.05 Å². The number of amides is 1. The van der Waals surface area contributed by atoms with Gasteiger partial charge in [-0.2, -0.15) is 5.10 Å². The molecule has 0 spiro atoms. The Labute approximate surface area is 139 Å². The molecule has 0 fully saturated rings. The van der Waals surface area contributed by atoms with Gasteiger partial charge in [0.25, 0.3) is 5.91 Å². The van der Waals surface area contributed by atoms with Gasteiger partial charge in [-0.05, 0) is 30.2 Å². The summed E-state index contributed by atoms with van der Waals surface area (Å²) in [5, 5.41) is 15.7. The number of carboxylic acid groups (broad SMARTS) is 1.